The highest BCUT2D eigenvalue weighted by molar-refractivity contribution is 5.88. The lowest BCUT2D eigenvalue weighted by molar-refractivity contribution is -0.136. The first-order chi connectivity index (χ1) is 16.5. The standard InChI is InChI=1S/C29H32N4O/c1-4-5-22-8-9-23(10-20-11-29(12-20)13-24(14-29)19(3)34)27-26(22)17-32-33(27)18(2)28-30-15-25(16-31-28)21-6-7-21/h8-9,15-18,20-21,24H,6-7,10-14H2,1-3H3. The number of hydrogen-bond acceptors (Lipinski definition) is 4. The van der Waals surface area contributed by atoms with Gasteiger partial charge in [-0.2, -0.15) is 5.10 Å². The molecule has 3 aliphatic rings. The first kappa shape index (κ1) is 21.5. The largest absolute Gasteiger partial charge is 0.300 e. The first-order valence-electron chi connectivity index (χ1n) is 12.7. The van der Waals surface area contributed by atoms with Gasteiger partial charge in [0.1, 0.15) is 11.8 Å². The summed E-state index contributed by atoms with van der Waals surface area (Å²) in [5, 5.41) is 5.93. The average Bonchev–Trinajstić information content (AvgIpc) is 3.53. The van der Waals surface area contributed by atoms with E-state index in [1.807, 2.05) is 25.5 Å². The van der Waals surface area contributed by atoms with Crippen molar-refractivity contribution in [3.8, 4) is 11.8 Å². The number of hydrogen-bond donors (Lipinski definition) is 0. The highest BCUT2D eigenvalue weighted by Crippen LogP contribution is 2.62. The summed E-state index contributed by atoms with van der Waals surface area (Å²) in [5.74, 6) is 9.13. The molecule has 1 unspecified atom stereocenters. The zero-order chi connectivity index (χ0) is 23.4. The Balaban J connectivity index is 1.28. The molecule has 0 N–H and O–H groups in total. The average molecular weight is 453 g/mol. The minimum absolute atomic E-state index is 0.0509. The van der Waals surface area contributed by atoms with Crippen molar-refractivity contribution in [2.24, 2.45) is 17.3 Å². The Labute approximate surface area is 201 Å². The van der Waals surface area contributed by atoms with Crippen molar-refractivity contribution in [1.29, 1.82) is 0 Å². The first-order valence-corrected chi connectivity index (χ1v) is 12.7. The number of aromatic nitrogens is 4. The van der Waals surface area contributed by atoms with Gasteiger partial charge in [0, 0.05) is 29.3 Å². The smallest absolute Gasteiger partial charge is 0.152 e. The third-order valence-electron chi connectivity index (χ3n) is 8.47. The zero-order valence-electron chi connectivity index (χ0n) is 20.3. The van der Waals surface area contributed by atoms with Crippen molar-refractivity contribution in [3.05, 3.63) is 53.2 Å². The SMILES string of the molecule is CC#Cc1ccc(CC2CC3(C2)CC(C(C)=O)C3)c2c1cnn2C(C)c1ncc(C2CC2)cn1. The molecule has 3 saturated carbocycles. The molecule has 174 valence electrons. The van der Waals surface area contributed by atoms with Crippen LogP contribution in [0.4, 0.5) is 0 Å². The summed E-state index contributed by atoms with van der Waals surface area (Å²) < 4.78 is 2.10. The van der Waals surface area contributed by atoms with Gasteiger partial charge >= 0.3 is 0 Å². The summed E-state index contributed by atoms with van der Waals surface area (Å²) in [6.45, 7) is 5.76. The fourth-order valence-electron chi connectivity index (χ4n) is 6.46. The quantitative estimate of drug-likeness (QED) is 0.455. The van der Waals surface area contributed by atoms with E-state index in [9.17, 15) is 4.79 Å². The Morgan fingerprint density at radius 3 is 2.53 bits per heavy atom. The second-order valence-electron chi connectivity index (χ2n) is 11.0. The predicted octanol–water partition coefficient (Wildman–Crippen LogP) is 5.62. The number of benzene rings is 1. The monoisotopic (exact) mass is 452 g/mol. The summed E-state index contributed by atoms with van der Waals surface area (Å²) in [7, 11) is 0. The molecule has 3 aliphatic carbocycles. The summed E-state index contributed by atoms with van der Waals surface area (Å²) in [4.78, 5) is 21.1. The van der Waals surface area contributed by atoms with Crippen LogP contribution in [0, 0.1) is 29.1 Å². The maximum Gasteiger partial charge on any atom is 0.152 e. The molecule has 0 bridgehead atoms. The molecule has 1 aromatic carbocycles. The Morgan fingerprint density at radius 1 is 1.15 bits per heavy atom. The molecule has 5 nitrogen and oxygen atoms in total. The van der Waals surface area contributed by atoms with Crippen LogP contribution in [0.1, 0.15) is 93.8 Å². The number of fused-ring (bicyclic) bond motifs is 1. The maximum absolute atomic E-state index is 11.7. The van der Waals surface area contributed by atoms with E-state index in [2.05, 4.69) is 35.6 Å². The van der Waals surface area contributed by atoms with Crippen LogP contribution < -0.4 is 0 Å². The Bertz CT molecular complexity index is 1310. The fraction of sp³-hybridized carbons (Fsp3) is 0.517. The molecule has 0 radical (unpaired) electrons. The molecule has 3 aromatic rings. The van der Waals surface area contributed by atoms with E-state index in [1.54, 1.807) is 6.92 Å². The van der Waals surface area contributed by atoms with Crippen LogP contribution in [0.3, 0.4) is 0 Å². The van der Waals surface area contributed by atoms with Gasteiger partial charge in [0.2, 0.25) is 0 Å². The van der Waals surface area contributed by atoms with E-state index < -0.39 is 0 Å². The number of nitrogens with zero attached hydrogens (tertiary/aromatic N) is 4. The van der Waals surface area contributed by atoms with Gasteiger partial charge in [0.25, 0.3) is 0 Å². The van der Waals surface area contributed by atoms with E-state index in [0.29, 0.717) is 29.0 Å². The Hall–Kier alpha value is -3.00. The number of carbonyl (C=O) groups excluding carboxylic acids is 1. The molecule has 1 atom stereocenters. The molecular formula is C29H32N4O. The minimum atomic E-state index is -0.0509. The molecule has 0 aliphatic heterocycles. The molecule has 0 amide bonds. The molecule has 5 heteroatoms. The van der Waals surface area contributed by atoms with Gasteiger partial charge in [-0.05, 0) is 100 Å². The normalized spacial score (nSPS) is 26.4. The Morgan fingerprint density at radius 2 is 1.88 bits per heavy atom. The number of carbonyl (C=O) groups is 1. The van der Waals surface area contributed by atoms with Crippen molar-refractivity contribution in [3.63, 3.8) is 0 Å². The van der Waals surface area contributed by atoms with Crippen molar-refractivity contribution in [2.45, 2.75) is 77.7 Å². The zero-order valence-corrected chi connectivity index (χ0v) is 20.3. The van der Waals surface area contributed by atoms with Crippen LogP contribution >= 0.6 is 0 Å². The number of ketones is 1. The predicted molar refractivity (Wildman–Crippen MR) is 132 cm³/mol. The lowest BCUT2D eigenvalue weighted by Gasteiger charge is -2.57. The molecule has 2 aromatic heterocycles. The van der Waals surface area contributed by atoms with E-state index in [0.717, 1.165) is 36.0 Å². The van der Waals surface area contributed by atoms with Gasteiger partial charge in [-0.1, -0.05) is 12.0 Å². The Kier molecular flexibility index (Phi) is 5.09. The summed E-state index contributed by atoms with van der Waals surface area (Å²) in [6, 6.07) is 4.34. The summed E-state index contributed by atoms with van der Waals surface area (Å²) >= 11 is 0. The van der Waals surface area contributed by atoms with Gasteiger partial charge in [-0.3, -0.25) is 9.48 Å². The summed E-state index contributed by atoms with van der Waals surface area (Å²) in [5.41, 5.74) is 5.22. The summed E-state index contributed by atoms with van der Waals surface area (Å²) in [6.07, 6.45) is 14.2. The second-order valence-corrected chi connectivity index (χ2v) is 11.0. The number of rotatable bonds is 6. The molecule has 0 saturated heterocycles. The van der Waals surface area contributed by atoms with Gasteiger partial charge < -0.3 is 0 Å². The minimum Gasteiger partial charge on any atom is -0.300 e. The molecule has 3 fully saturated rings. The lowest BCUT2D eigenvalue weighted by Crippen LogP contribution is -2.49. The molecule has 1 spiro atoms. The van der Waals surface area contributed by atoms with Gasteiger partial charge in [0.15, 0.2) is 5.82 Å². The van der Waals surface area contributed by atoms with Crippen LogP contribution in [0.15, 0.2) is 30.7 Å². The van der Waals surface area contributed by atoms with E-state index in [4.69, 9.17) is 15.1 Å². The van der Waals surface area contributed by atoms with Crippen LogP contribution in [0.5, 0.6) is 0 Å². The van der Waals surface area contributed by atoms with Crippen molar-refractivity contribution >= 4 is 16.7 Å². The van der Waals surface area contributed by atoms with Crippen LogP contribution in [0.25, 0.3) is 10.9 Å². The van der Waals surface area contributed by atoms with E-state index in [1.165, 1.54) is 42.3 Å². The van der Waals surface area contributed by atoms with Crippen LogP contribution in [-0.2, 0) is 11.2 Å². The van der Waals surface area contributed by atoms with Crippen LogP contribution in [0.2, 0.25) is 0 Å². The van der Waals surface area contributed by atoms with Crippen molar-refractivity contribution in [1.82, 2.24) is 19.7 Å². The lowest BCUT2D eigenvalue weighted by atomic mass is 9.47. The highest BCUT2D eigenvalue weighted by Gasteiger charge is 2.53. The molecular weight excluding hydrogens is 420 g/mol. The second kappa shape index (κ2) is 8.05. The van der Waals surface area contributed by atoms with Gasteiger partial charge in [-0.15, -0.1) is 5.92 Å². The third kappa shape index (κ3) is 3.64. The highest BCUT2D eigenvalue weighted by atomic mass is 16.1. The topological polar surface area (TPSA) is 60.7 Å². The van der Waals surface area contributed by atoms with E-state index in [-0.39, 0.29) is 6.04 Å². The third-order valence-corrected chi connectivity index (χ3v) is 8.47. The van der Waals surface area contributed by atoms with Gasteiger partial charge in [0.05, 0.1) is 11.7 Å². The molecule has 2 heterocycles. The number of Topliss-reactive ketones (excluding diaryl/α,β-unsaturated/α-hetero) is 1. The molecule has 6 rings (SSSR count). The van der Waals surface area contributed by atoms with Crippen molar-refractivity contribution < 1.29 is 4.79 Å². The van der Waals surface area contributed by atoms with Gasteiger partial charge in [-0.25, -0.2) is 9.97 Å². The van der Waals surface area contributed by atoms with Crippen molar-refractivity contribution in [2.75, 3.05) is 0 Å². The fourth-order valence-corrected chi connectivity index (χ4v) is 6.46. The molecule has 34 heavy (non-hydrogen) atoms. The van der Waals surface area contributed by atoms with Crippen LogP contribution in [-0.4, -0.2) is 25.5 Å². The van der Waals surface area contributed by atoms with E-state index >= 15 is 0 Å². The maximum atomic E-state index is 11.7.